The summed E-state index contributed by atoms with van der Waals surface area (Å²) in [7, 11) is 3.09. The Bertz CT molecular complexity index is 1570. The summed E-state index contributed by atoms with van der Waals surface area (Å²) in [6.45, 7) is 2.52. The van der Waals surface area contributed by atoms with Gasteiger partial charge in [0.05, 0.1) is 30.7 Å². The minimum atomic E-state index is -2.76. The largest absolute Gasteiger partial charge is 0.507 e. The zero-order valence-electron chi connectivity index (χ0n) is 24.7. The maximum Gasteiger partial charge on any atom is 0.319 e. The Morgan fingerprint density at radius 1 is 1.07 bits per heavy atom. The van der Waals surface area contributed by atoms with E-state index in [1.165, 1.54) is 11.0 Å². The first-order valence-electron chi connectivity index (χ1n) is 14.5. The number of aromatic hydroxyl groups is 1. The van der Waals surface area contributed by atoms with Crippen LogP contribution in [-0.2, 0) is 41.7 Å². The number of carbonyl (C=O) groups excluding carboxylic acids is 6. The van der Waals surface area contributed by atoms with Gasteiger partial charge < -0.3 is 26.0 Å². The average molecular weight is 606 g/mol. The Kier molecular flexibility index (Phi) is 8.27. The van der Waals surface area contributed by atoms with Crippen LogP contribution in [-0.4, -0.2) is 89.0 Å². The first-order valence-corrected chi connectivity index (χ1v) is 14.5. The number of carbonyl (C=O) groups is 6. The molecule has 3 aliphatic carbocycles. The molecule has 44 heavy (non-hydrogen) atoms. The van der Waals surface area contributed by atoms with E-state index in [0.717, 1.165) is 11.1 Å². The van der Waals surface area contributed by atoms with E-state index in [9.17, 15) is 39.0 Å². The maximum absolute atomic E-state index is 14.0. The number of primary amides is 1. The number of aliphatic hydroxyl groups is 1. The Morgan fingerprint density at radius 3 is 2.36 bits per heavy atom. The zero-order chi connectivity index (χ0) is 32.1. The lowest BCUT2D eigenvalue weighted by atomic mass is 9.52. The molecule has 2 fully saturated rings. The Balaban J connectivity index is 1.49. The van der Waals surface area contributed by atoms with E-state index in [0.29, 0.717) is 24.3 Å². The number of nitrogens with one attached hydrogen (secondary N) is 1. The molecular formula is C32H35N3O9. The number of hydrogen-bond donors (Lipinski definition) is 4. The molecule has 0 heterocycles. The smallest absolute Gasteiger partial charge is 0.319 e. The molecule has 1 amide bonds. The molecule has 6 unspecified atom stereocenters. The Hall–Kier alpha value is -4.26. The molecule has 0 spiro atoms. The van der Waals surface area contributed by atoms with Gasteiger partial charge in [0.15, 0.2) is 34.7 Å². The number of Topliss-reactive ketones (excluding diaryl/α,β-unsaturated/α-hetero) is 4. The second-order valence-corrected chi connectivity index (χ2v) is 11.9. The normalized spacial score (nSPS) is 27.9. The summed E-state index contributed by atoms with van der Waals surface area (Å²) in [6.07, 6.45) is 0.141. The van der Waals surface area contributed by atoms with Gasteiger partial charge in [-0.15, -0.1) is 0 Å². The van der Waals surface area contributed by atoms with Gasteiger partial charge in [-0.2, -0.15) is 0 Å². The van der Waals surface area contributed by atoms with Crippen molar-refractivity contribution >= 4 is 35.0 Å². The van der Waals surface area contributed by atoms with Gasteiger partial charge in [0.1, 0.15) is 5.75 Å². The number of likely N-dealkylation sites (N-methyl/N-ethyl adjacent to an activating group) is 1. The van der Waals surface area contributed by atoms with Crippen molar-refractivity contribution in [3.8, 4) is 16.9 Å². The molecule has 2 aromatic rings. The van der Waals surface area contributed by atoms with Gasteiger partial charge in [0, 0.05) is 12.5 Å². The van der Waals surface area contributed by atoms with Crippen LogP contribution in [0.15, 0.2) is 36.4 Å². The van der Waals surface area contributed by atoms with Crippen molar-refractivity contribution in [2.24, 2.45) is 29.4 Å². The fraction of sp³-hybridized carbons (Fsp3) is 0.438. The van der Waals surface area contributed by atoms with Crippen LogP contribution in [0.1, 0.15) is 34.8 Å². The van der Waals surface area contributed by atoms with Crippen LogP contribution in [0.25, 0.3) is 11.1 Å². The summed E-state index contributed by atoms with van der Waals surface area (Å²) in [5.74, 6) is -11.2. The van der Waals surface area contributed by atoms with Gasteiger partial charge in [0.2, 0.25) is 5.91 Å². The van der Waals surface area contributed by atoms with Gasteiger partial charge >= 0.3 is 5.97 Å². The highest BCUT2D eigenvalue weighted by atomic mass is 16.5. The fourth-order valence-corrected chi connectivity index (χ4v) is 7.20. The van der Waals surface area contributed by atoms with E-state index in [1.54, 1.807) is 27.1 Å². The number of amides is 1. The van der Waals surface area contributed by atoms with E-state index in [4.69, 9.17) is 10.5 Å². The molecular weight excluding hydrogens is 570 g/mol. The number of fused-ring (bicyclic) bond motifs is 3. The number of rotatable bonds is 8. The number of hydrogen-bond acceptors (Lipinski definition) is 11. The van der Waals surface area contributed by atoms with Crippen molar-refractivity contribution in [1.82, 2.24) is 10.2 Å². The maximum atomic E-state index is 14.0. The third-order valence-electron chi connectivity index (χ3n) is 9.11. The number of ether oxygens (including phenoxy) is 1. The highest BCUT2D eigenvalue weighted by molar-refractivity contribution is 6.32. The average Bonchev–Trinajstić information content (AvgIpc) is 2.95. The minimum Gasteiger partial charge on any atom is -0.507 e. The van der Waals surface area contributed by atoms with Crippen molar-refractivity contribution < 1.29 is 43.7 Å². The third-order valence-corrected chi connectivity index (χ3v) is 9.11. The SMILES string of the molecule is CCOC(=O)CNCc1ccc(-c2ccc(O)c3c2CC2CC4C(N(C)C)C(=O)C(C(N)=O)C(=O)C4(O)C(=O)C2C3=O)cc1. The number of phenolic OH excluding ortho intramolecular Hbond substituents is 1. The minimum absolute atomic E-state index is 0.0237. The summed E-state index contributed by atoms with van der Waals surface area (Å²) in [5.41, 5.74) is 5.37. The lowest BCUT2D eigenvalue weighted by Gasteiger charge is -2.52. The van der Waals surface area contributed by atoms with Crippen molar-refractivity contribution in [1.29, 1.82) is 0 Å². The molecule has 232 valence electrons. The topological polar surface area (TPSA) is 193 Å². The first-order chi connectivity index (χ1) is 20.8. The van der Waals surface area contributed by atoms with Gasteiger partial charge in [-0.05, 0) is 68.1 Å². The molecule has 12 nitrogen and oxygen atoms in total. The molecule has 5 N–H and O–H groups in total. The summed E-state index contributed by atoms with van der Waals surface area (Å²) in [4.78, 5) is 79.8. The summed E-state index contributed by atoms with van der Waals surface area (Å²) >= 11 is 0. The van der Waals surface area contributed by atoms with Crippen LogP contribution in [0.3, 0.4) is 0 Å². The number of nitrogens with two attached hydrogens (primary N) is 1. The Morgan fingerprint density at radius 2 is 1.75 bits per heavy atom. The van der Waals surface area contributed by atoms with Gasteiger partial charge in [-0.1, -0.05) is 30.3 Å². The third kappa shape index (κ3) is 4.92. The Labute approximate surface area is 253 Å². The van der Waals surface area contributed by atoms with Crippen molar-refractivity contribution in [3.05, 3.63) is 53.1 Å². The van der Waals surface area contributed by atoms with Crippen molar-refractivity contribution in [3.63, 3.8) is 0 Å². The molecule has 2 saturated carbocycles. The van der Waals surface area contributed by atoms with E-state index in [1.807, 2.05) is 24.3 Å². The molecule has 12 heteroatoms. The molecule has 0 bridgehead atoms. The van der Waals surface area contributed by atoms with Crippen LogP contribution < -0.4 is 11.1 Å². The zero-order valence-corrected chi connectivity index (χ0v) is 24.7. The lowest BCUT2D eigenvalue weighted by molar-refractivity contribution is -0.181. The van der Waals surface area contributed by atoms with Gasteiger partial charge in [-0.3, -0.25) is 33.7 Å². The highest BCUT2D eigenvalue weighted by Crippen LogP contribution is 2.51. The number of benzene rings is 2. The number of nitrogens with zero attached hydrogens (tertiary/aromatic N) is 1. The molecule has 6 atom stereocenters. The van der Waals surface area contributed by atoms with Crippen LogP contribution in [0.4, 0.5) is 0 Å². The second-order valence-electron chi connectivity index (χ2n) is 11.9. The number of esters is 1. The van der Waals surface area contributed by atoms with Crippen molar-refractivity contribution in [2.45, 2.75) is 38.0 Å². The van der Waals surface area contributed by atoms with E-state index >= 15 is 0 Å². The van der Waals surface area contributed by atoms with Crippen LogP contribution in [0, 0.1) is 23.7 Å². The summed E-state index contributed by atoms with van der Waals surface area (Å²) in [6, 6.07) is 9.30. The van der Waals surface area contributed by atoms with E-state index < -0.39 is 64.4 Å². The molecule has 0 saturated heterocycles. The molecule has 5 rings (SSSR count). The highest BCUT2D eigenvalue weighted by Gasteiger charge is 2.69. The van der Waals surface area contributed by atoms with Crippen LogP contribution in [0.2, 0.25) is 0 Å². The van der Waals surface area contributed by atoms with Crippen LogP contribution in [0.5, 0.6) is 5.75 Å². The first kappa shape index (κ1) is 31.2. The monoisotopic (exact) mass is 605 g/mol. The molecule has 3 aliphatic rings. The standard InChI is InChI=1S/C32H35N3O9/c1-4-44-22(37)14-34-13-15-5-7-16(8-6-15)18-9-10-21(36)24-19(18)11-17-12-20-26(35(2)3)28(39)25(31(33)42)30(41)32(20,43)29(40)23(17)27(24)38/h5-10,17,20,23,25-26,34,36,43H,4,11-14H2,1-3H3,(H2,33,42). The summed E-state index contributed by atoms with van der Waals surface area (Å²) < 4.78 is 4.91. The fourth-order valence-electron chi connectivity index (χ4n) is 7.20. The molecule has 2 aromatic carbocycles. The van der Waals surface area contributed by atoms with Crippen molar-refractivity contribution in [2.75, 3.05) is 27.2 Å². The number of ketones is 4. The lowest BCUT2D eigenvalue weighted by Crippen LogP contribution is -2.74. The predicted molar refractivity (Wildman–Crippen MR) is 155 cm³/mol. The molecule has 0 aromatic heterocycles. The quantitative estimate of drug-likeness (QED) is 0.237. The second kappa shape index (κ2) is 11.7. The summed E-state index contributed by atoms with van der Waals surface area (Å²) in [5, 5.41) is 25.5. The van der Waals surface area contributed by atoms with Gasteiger partial charge in [-0.25, -0.2) is 0 Å². The molecule has 0 radical (unpaired) electrons. The van der Waals surface area contributed by atoms with Gasteiger partial charge in [0.25, 0.3) is 0 Å². The molecule has 0 aliphatic heterocycles. The van der Waals surface area contributed by atoms with E-state index in [-0.39, 0.29) is 36.7 Å². The number of phenols is 1. The predicted octanol–water partition coefficient (Wildman–Crippen LogP) is 0.187. The van der Waals surface area contributed by atoms with Crippen LogP contribution >= 0.6 is 0 Å². The van der Waals surface area contributed by atoms with E-state index in [2.05, 4.69) is 5.32 Å².